The average molecular weight is 280 g/mol. The summed E-state index contributed by atoms with van der Waals surface area (Å²) in [5.74, 6) is 1.53. The minimum absolute atomic E-state index is 0.130. The van der Waals surface area contributed by atoms with E-state index in [0.717, 1.165) is 29.9 Å². The molecule has 1 unspecified atom stereocenters. The second kappa shape index (κ2) is 8.12. The summed E-state index contributed by atoms with van der Waals surface area (Å²) in [4.78, 5) is 2.34. The molecule has 20 heavy (non-hydrogen) atoms. The Balaban J connectivity index is 3.18. The molecule has 1 atom stereocenters. The Morgan fingerprint density at radius 3 is 2.25 bits per heavy atom. The van der Waals surface area contributed by atoms with Crippen LogP contribution >= 0.6 is 0 Å². The zero-order valence-corrected chi connectivity index (χ0v) is 13.3. The zero-order valence-electron chi connectivity index (χ0n) is 13.3. The maximum absolute atomic E-state index is 6.03. The van der Waals surface area contributed by atoms with Gasteiger partial charge in [-0.25, -0.2) is 0 Å². The molecule has 0 saturated heterocycles. The molecule has 0 saturated carbocycles. The van der Waals surface area contributed by atoms with Crippen LogP contribution in [0.3, 0.4) is 0 Å². The van der Waals surface area contributed by atoms with Crippen LogP contribution < -0.4 is 15.2 Å². The Labute approximate surface area is 122 Å². The summed E-state index contributed by atoms with van der Waals surface area (Å²) in [7, 11) is 5.46. The summed E-state index contributed by atoms with van der Waals surface area (Å²) in [5.41, 5.74) is 7.12. The van der Waals surface area contributed by atoms with E-state index in [0.29, 0.717) is 12.6 Å². The van der Waals surface area contributed by atoms with Gasteiger partial charge in [0.1, 0.15) is 0 Å². The first-order chi connectivity index (χ1) is 9.64. The molecule has 4 heteroatoms. The van der Waals surface area contributed by atoms with Crippen LogP contribution in [0.5, 0.6) is 11.5 Å². The number of para-hydroxylation sites is 1. The molecule has 0 fully saturated rings. The number of hydrogen-bond donors (Lipinski definition) is 1. The third-order valence-electron chi connectivity index (χ3n) is 4.03. The minimum Gasteiger partial charge on any atom is -0.493 e. The monoisotopic (exact) mass is 280 g/mol. The van der Waals surface area contributed by atoms with Gasteiger partial charge in [-0.2, -0.15) is 0 Å². The van der Waals surface area contributed by atoms with E-state index in [9.17, 15) is 0 Å². The number of benzene rings is 1. The highest BCUT2D eigenvalue weighted by atomic mass is 16.5. The van der Waals surface area contributed by atoms with Crippen LogP contribution in [0.15, 0.2) is 18.2 Å². The molecule has 0 heterocycles. The highest BCUT2D eigenvalue weighted by Crippen LogP contribution is 2.37. The van der Waals surface area contributed by atoms with Gasteiger partial charge in [0.2, 0.25) is 0 Å². The lowest BCUT2D eigenvalue weighted by Crippen LogP contribution is -2.38. The third-order valence-corrected chi connectivity index (χ3v) is 4.03. The van der Waals surface area contributed by atoms with Crippen LogP contribution in [-0.2, 0) is 0 Å². The maximum atomic E-state index is 6.03. The van der Waals surface area contributed by atoms with Crippen molar-refractivity contribution in [1.29, 1.82) is 0 Å². The largest absolute Gasteiger partial charge is 0.493 e. The summed E-state index contributed by atoms with van der Waals surface area (Å²) in [6.45, 7) is 4.97. The number of ether oxygens (including phenoxy) is 2. The first-order valence-corrected chi connectivity index (χ1v) is 7.27. The van der Waals surface area contributed by atoms with Crippen molar-refractivity contribution >= 4 is 0 Å². The molecule has 2 N–H and O–H groups in total. The summed E-state index contributed by atoms with van der Waals surface area (Å²) in [6, 6.07) is 6.61. The van der Waals surface area contributed by atoms with Crippen LogP contribution in [0.4, 0.5) is 0 Å². The number of nitrogens with two attached hydrogens (primary N) is 1. The van der Waals surface area contributed by atoms with E-state index in [-0.39, 0.29) is 6.04 Å². The fourth-order valence-electron chi connectivity index (χ4n) is 2.81. The van der Waals surface area contributed by atoms with Crippen molar-refractivity contribution in [2.45, 2.75) is 38.8 Å². The van der Waals surface area contributed by atoms with E-state index in [4.69, 9.17) is 15.2 Å². The molecule has 1 rings (SSSR count). The van der Waals surface area contributed by atoms with Crippen molar-refractivity contribution in [2.75, 3.05) is 27.8 Å². The van der Waals surface area contributed by atoms with E-state index >= 15 is 0 Å². The lowest BCUT2D eigenvalue weighted by molar-refractivity contribution is 0.164. The molecular weight excluding hydrogens is 252 g/mol. The van der Waals surface area contributed by atoms with Crippen molar-refractivity contribution in [2.24, 2.45) is 5.73 Å². The Morgan fingerprint density at radius 2 is 1.80 bits per heavy atom. The summed E-state index contributed by atoms with van der Waals surface area (Å²) < 4.78 is 10.9. The number of likely N-dealkylation sites (N-methyl/N-ethyl adjacent to an activating group) is 1. The highest BCUT2D eigenvalue weighted by molar-refractivity contribution is 5.48. The van der Waals surface area contributed by atoms with Crippen LogP contribution in [0.25, 0.3) is 0 Å². The number of methoxy groups -OCH3 is 2. The first kappa shape index (κ1) is 16.8. The van der Waals surface area contributed by atoms with Gasteiger partial charge in [-0.05, 0) is 26.0 Å². The molecule has 0 aliphatic rings. The third kappa shape index (κ3) is 3.44. The second-order valence-corrected chi connectivity index (χ2v) is 4.97. The Kier molecular flexibility index (Phi) is 6.82. The van der Waals surface area contributed by atoms with Crippen molar-refractivity contribution in [3.8, 4) is 11.5 Å². The number of rotatable bonds is 8. The van der Waals surface area contributed by atoms with Crippen LogP contribution in [-0.4, -0.2) is 38.8 Å². The van der Waals surface area contributed by atoms with Gasteiger partial charge in [-0.1, -0.05) is 26.0 Å². The molecule has 114 valence electrons. The lowest BCUT2D eigenvalue weighted by Gasteiger charge is -2.34. The highest BCUT2D eigenvalue weighted by Gasteiger charge is 2.25. The topological polar surface area (TPSA) is 47.7 Å². The summed E-state index contributed by atoms with van der Waals surface area (Å²) >= 11 is 0. The molecule has 0 aliphatic carbocycles. The standard InChI is InChI=1S/C16H28N2O2/c1-6-12(7-2)18(3)14(11-17)13-9-8-10-15(19-4)16(13)20-5/h8-10,12,14H,6-7,11,17H2,1-5H3. The average Bonchev–Trinajstić information content (AvgIpc) is 2.48. The summed E-state index contributed by atoms with van der Waals surface area (Å²) in [5, 5.41) is 0. The van der Waals surface area contributed by atoms with Gasteiger partial charge in [-0.15, -0.1) is 0 Å². The van der Waals surface area contributed by atoms with Gasteiger partial charge < -0.3 is 15.2 Å². The SMILES string of the molecule is CCC(CC)N(C)C(CN)c1cccc(OC)c1OC. The molecule has 0 bridgehead atoms. The quantitative estimate of drug-likeness (QED) is 0.795. The first-order valence-electron chi connectivity index (χ1n) is 7.27. The van der Waals surface area contributed by atoms with Gasteiger partial charge in [0, 0.05) is 18.2 Å². The normalized spacial score (nSPS) is 12.8. The van der Waals surface area contributed by atoms with E-state index in [1.54, 1.807) is 14.2 Å². The fourth-order valence-corrected chi connectivity index (χ4v) is 2.81. The van der Waals surface area contributed by atoms with Crippen molar-refractivity contribution in [3.05, 3.63) is 23.8 Å². The van der Waals surface area contributed by atoms with Gasteiger partial charge in [0.25, 0.3) is 0 Å². The van der Waals surface area contributed by atoms with Crippen molar-refractivity contribution in [1.82, 2.24) is 4.90 Å². The molecule has 0 aliphatic heterocycles. The number of hydrogen-bond acceptors (Lipinski definition) is 4. The van der Waals surface area contributed by atoms with Gasteiger partial charge in [-0.3, -0.25) is 4.90 Å². The van der Waals surface area contributed by atoms with Crippen LogP contribution in [0.2, 0.25) is 0 Å². The Morgan fingerprint density at radius 1 is 1.15 bits per heavy atom. The predicted octanol–water partition coefficient (Wildman–Crippen LogP) is 2.82. The Hall–Kier alpha value is -1.26. The minimum atomic E-state index is 0.130. The van der Waals surface area contributed by atoms with E-state index in [1.165, 1.54) is 0 Å². The predicted molar refractivity (Wildman–Crippen MR) is 83.5 cm³/mol. The summed E-state index contributed by atoms with van der Waals surface area (Å²) in [6.07, 6.45) is 2.21. The maximum Gasteiger partial charge on any atom is 0.165 e. The van der Waals surface area contributed by atoms with E-state index in [1.807, 2.05) is 12.1 Å². The van der Waals surface area contributed by atoms with E-state index in [2.05, 4.69) is 31.9 Å². The Bertz CT molecular complexity index is 405. The van der Waals surface area contributed by atoms with Crippen molar-refractivity contribution in [3.63, 3.8) is 0 Å². The van der Waals surface area contributed by atoms with Gasteiger partial charge in [0.05, 0.1) is 20.3 Å². The fraction of sp³-hybridized carbons (Fsp3) is 0.625. The van der Waals surface area contributed by atoms with Gasteiger partial charge >= 0.3 is 0 Å². The molecule has 0 amide bonds. The lowest BCUT2D eigenvalue weighted by atomic mass is 10.0. The smallest absolute Gasteiger partial charge is 0.165 e. The van der Waals surface area contributed by atoms with Gasteiger partial charge in [0.15, 0.2) is 11.5 Å². The second-order valence-electron chi connectivity index (χ2n) is 4.97. The molecule has 4 nitrogen and oxygen atoms in total. The molecule has 0 radical (unpaired) electrons. The zero-order chi connectivity index (χ0) is 15.1. The van der Waals surface area contributed by atoms with Crippen molar-refractivity contribution < 1.29 is 9.47 Å². The van der Waals surface area contributed by atoms with Crippen LogP contribution in [0.1, 0.15) is 38.3 Å². The molecule has 1 aromatic carbocycles. The molecular formula is C16H28N2O2. The van der Waals surface area contributed by atoms with Crippen LogP contribution in [0, 0.1) is 0 Å². The molecule has 0 spiro atoms. The molecule has 0 aromatic heterocycles. The number of nitrogens with zero attached hydrogens (tertiary/aromatic N) is 1. The van der Waals surface area contributed by atoms with E-state index < -0.39 is 0 Å². The molecule has 1 aromatic rings.